The Morgan fingerprint density at radius 1 is 0.893 bits per heavy atom. The Morgan fingerprint density at radius 3 is 2.43 bits per heavy atom. The minimum Gasteiger partial charge on any atom is -0.356 e. The molecule has 2 aromatic carbocycles. The van der Waals surface area contributed by atoms with Gasteiger partial charge in [-0.1, -0.05) is 48.5 Å². The summed E-state index contributed by atoms with van der Waals surface area (Å²) in [6.07, 6.45) is 5.19. The molecule has 6 nitrogen and oxygen atoms in total. The summed E-state index contributed by atoms with van der Waals surface area (Å²) in [5.41, 5.74) is 2.84. The van der Waals surface area contributed by atoms with Gasteiger partial charge in [0.15, 0.2) is 5.65 Å². The van der Waals surface area contributed by atoms with Gasteiger partial charge in [-0.2, -0.15) is 5.10 Å². The second-order valence-corrected chi connectivity index (χ2v) is 7.14. The fourth-order valence-electron chi connectivity index (χ4n) is 3.16. The minimum absolute atomic E-state index is 0.0978. The van der Waals surface area contributed by atoms with Crippen LogP contribution in [-0.2, 0) is 0 Å². The number of rotatable bonds is 5. The lowest BCUT2D eigenvalue weighted by atomic mass is 10.1. The number of nitrogens with zero attached hydrogens (tertiary/aromatic N) is 5. The van der Waals surface area contributed by atoms with Crippen LogP contribution in [0.2, 0.25) is 0 Å². The highest BCUT2D eigenvalue weighted by Gasteiger charge is 2.19. The van der Waals surface area contributed by atoms with Crippen molar-refractivity contribution in [1.82, 2.24) is 24.7 Å². The number of thiazole rings is 1. The molecule has 7 heteroatoms. The fraction of sp³-hybridized carbons (Fsp3) is 0.0476. The molecule has 0 spiro atoms. The Bertz CT molecular complexity index is 1190. The highest BCUT2D eigenvalue weighted by Crippen LogP contribution is 2.30. The largest absolute Gasteiger partial charge is 0.356 e. The van der Waals surface area contributed by atoms with E-state index in [0.29, 0.717) is 0 Å². The highest BCUT2D eigenvalue weighted by atomic mass is 32.1. The van der Waals surface area contributed by atoms with Crippen LogP contribution in [0.1, 0.15) is 16.6 Å². The molecule has 0 saturated heterocycles. The Morgan fingerprint density at radius 2 is 1.68 bits per heavy atom. The van der Waals surface area contributed by atoms with Crippen molar-refractivity contribution in [2.75, 3.05) is 5.32 Å². The lowest BCUT2D eigenvalue weighted by Gasteiger charge is -2.18. The van der Waals surface area contributed by atoms with Crippen molar-refractivity contribution < 1.29 is 0 Å². The molecule has 3 aromatic heterocycles. The zero-order chi connectivity index (χ0) is 18.8. The Kier molecular flexibility index (Phi) is 4.27. The van der Waals surface area contributed by atoms with Crippen LogP contribution in [0.3, 0.4) is 0 Å². The summed E-state index contributed by atoms with van der Waals surface area (Å²) in [4.78, 5) is 13.5. The van der Waals surface area contributed by atoms with E-state index in [1.54, 1.807) is 23.9 Å². The van der Waals surface area contributed by atoms with Gasteiger partial charge in [0.1, 0.15) is 23.2 Å². The number of fused-ring (bicyclic) bond motifs is 1. The lowest BCUT2D eigenvalue weighted by Crippen LogP contribution is -2.13. The Balaban J connectivity index is 1.58. The molecule has 5 aromatic rings. The van der Waals surface area contributed by atoms with E-state index in [1.807, 2.05) is 64.8 Å². The molecule has 28 heavy (non-hydrogen) atoms. The quantitative estimate of drug-likeness (QED) is 0.484. The molecule has 0 bridgehead atoms. The normalized spacial score (nSPS) is 12.1. The van der Waals surface area contributed by atoms with Gasteiger partial charge in [0.25, 0.3) is 0 Å². The van der Waals surface area contributed by atoms with Crippen molar-refractivity contribution in [1.29, 1.82) is 0 Å². The first kappa shape index (κ1) is 16.6. The van der Waals surface area contributed by atoms with Crippen LogP contribution >= 0.6 is 11.3 Å². The molecule has 136 valence electrons. The van der Waals surface area contributed by atoms with E-state index in [4.69, 9.17) is 0 Å². The number of benzene rings is 2. The maximum absolute atomic E-state index is 4.53. The SMILES string of the molecule is c1ccc(C(Nc2ncnc3c2cnn3-c2ccccc2)c2nccs2)cc1. The minimum atomic E-state index is -0.0978. The maximum Gasteiger partial charge on any atom is 0.168 e. The Hall–Kier alpha value is -3.58. The van der Waals surface area contributed by atoms with Gasteiger partial charge >= 0.3 is 0 Å². The lowest BCUT2D eigenvalue weighted by molar-refractivity contribution is 0.892. The van der Waals surface area contributed by atoms with Crippen LogP contribution in [0, 0.1) is 0 Å². The number of nitrogens with one attached hydrogen (secondary N) is 1. The number of hydrogen-bond acceptors (Lipinski definition) is 6. The topological polar surface area (TPSA) is 68.5 Å². The van der Waals surface area contributed by atoms with Gasteiger partial charge in [0.2, 0.25) is 0 Å². The van der Waals surface area contributed by atoms with Gasteiger partial charge in [-0.3, -0.25) is 0 Å². The smallest absolute Gasteiger partial charge is 0.168 e. The number of hydrogen-bond donors (Lipinski definition) is 1. The molecule has 0 aliphatic carbocycles. The molecule has 0 aliphatic heterocycles. The molecule has 1 unspecified atom stereocenters. The molecule has 0 fully saturated rings. The van der Waals surface area contributed by atoms with Gasteiger partial charge in [-0.05, 0) is 17.7 Å². The number of aromatic nitrogens is 5. The molecule has 1 atom stereocenters. The van der Waals surface area contributed by atoms with Gasteiger partial charge in [0.05, 0.1) is 17.3 Å². The maximum atomic E-state index is 4.53. The van der Waals surface area contributed by atoms with E-state index < -0.39 is 0 Å². The average Bonchev–Trinajstić information content (AvgIpc) is 3.44. The Labute approximate surface area is 165 Å². The first-order chi connectivity index (χ1) is 13.9. The van der Waals surface area contributed by atoms with Gasteiger partial charge < -0.3 is 5.32 Å². The summed E-state index contributed by atoms with van der Waals surface area (Å²) in [6.45, 7) is 0. The molecule has 0 radical (unpaired) electrons. The van der Waals surface area contributed by atoms with E-state index >= 15 is 0 Å². The molecule has 5 rings (SSSR count). The van der Waals surface area contributed by atoms with Crippen LogP contribution in [0.5, 0.6) is 0 Å². The predicted molar refractivity (Wildman–Crippen MR) is 111 cm³/mol. The number of para-hydroxylation sites is 1. The summed E-state index contributed by atoms with van der Waals surface area (Å²) in [5.74, 6) is 0.733. The van der Waals surface area contributed by atoms with Crippen molar-refractivity contribution in [3.05, 3.63) is 95.3 Å². The standard InChI is InChI=1S/C21H16N6S/c1-3-7-15(8-4-1)18(21-22-11-12-28-21)26-19-17-13-25-27(20(17)24-14-23-19)16-9-5-2-6-10-16/h1-14,18H,(H,23,24,26). The van der Waals surface area contributed by atoms with E-state index in [2.05, 4.69) is 37.5 Å². The molecule has 0 amide bonds. The number of anilines is 1. The van der Waals surface area contributed by atoms with Gasteiger partial charge in [-0.15, -0.1) is 11.3 Å². The first-order valence-corrected chi connectivity index (χ1v) is 9.73. The van der Waals surface area contributed by atoms with Crippen LogP contribution < -0.4 is 5.32 Å². The van der Waals surface area contributed by atoms with Crippen LogP contribution in [0.15, 0.2) is 84.8 Å². The summed E-state index contributed by atoms with van der Waals surface area (Å²) >= 11 is 1.61. The molecule has 0 aliphatic rings. The second-order valence-electron chi connectivity index (χ2n) is 6.21. The molecule has 0 saturated carbocycles. The molecule has 3 heterocycles. The summed E-state index contributed by atoms with van der Waals surface area (Å²) in [6, 6.07) is 20.1. The van der Waals surface area contributed by atoms with E-state index in [0.717, 1.165) is 33.1 Å². The summed E-state index contributed by atoms with van der Waals surface area (Å²) in [7, 11) is 0. The third kappa shape index (κ3) is 3.01. The van der Waals surface area contributed by atoms with Crippen molar-refractivity contribution in [2.45, 2.75) is 6.04 Å². The average molecular weight is 384 g/mol. The van der Waals surface area contributed by atoms with E-state index in [-0.39, 0.29) is 6.04 Å². The highest BCUT2D eigenvalue weighted by molar-refractivity contribution is 7.09. The zero-order valence-electron chi connectivity index (χ0n) is 14.8. The van der Waals surface area contributed by atoms with Gasteiger partial charge in [-0.25, -0.2) is 19.6 Å². The van der Waals surface area contributed by atoms with Crippen LogP contribution in [0.4, 0.5) is 5.82 Å². The van der Waals surface area contributed by atoms with Crippen molar-refractivity contribution in [2.24, 2.45) is 0 Å². The molecular formula is C21H16N6S. The second kappa shape index (κ2) is 7.21. The van der Waals surface area contributed by atoms with Crippen molar-refractivity contribution >= 4 is 28.2 Å². The van der Waals surface area contributed by atoms with Crippen molar-refractivity contribution in [3.8, 4) is 5.69 Å². The van der Waals surface area contributed by atoms with E-state index in [9.17, 15) is 0 Å². The zero-order valence-corrected chi connectivity index (χ0v) is 15.6. The molecule has 1 N–H and O–H groups in total. The van der Waals surface area contributed by atoms with Crippen LogP contribution in [0.25, 0.3) is 16.7 Å². The van der Waals surface area contributed by atoms with Gasteiger partial charge in [0, 0.05) is 11.6 Å². The first-order valence-electron chi connectivity index (χ1n) is 8.85. The predicted octanol–water partition coefficient (Wildman–Crippen LogP) is 4.47. The third-order valence-corrected chi connectivity index (χ3v) is 5.32. The van der Waals surface area contributed by atoms with Crippen LogP contribution in [-0.4, -0.2) is 24.7 Å². The summed E-state index contributed by atoms with van der Waals surface area (Å²) < 4.78 is 1.82. The van der Waals surface area contributed by atoms with Crippen molar-refractivity contribution in [3.63, 3.8) is 0 Å². The fourth-order valence-corrected chi connectivity index (χ4v) is 3.88. The monoisotopic (exact) mass is 384 g/mol. The van der Waals surface area contributed by atoms with E-state index in [1.165, 1.54) is 0 Å². The summed E-state index contributed by atoms with van der Waals surface area (Å²) in [5, 5.41) is 11.9. The third-order valence-electron chi connectivity index (χ3n) is 4.48. The molecular weight excluding hydrogens is 368 g/mol.